The fourth-order valence-electron chi connectivity index (χ4n) is 3.67. The van der Waals surface area contributed by atoms with E-state index >= 15 is 0 Å². The molecule has 23 heavy (non-hydrogen) atoms. The van der Waals surface area contributed by atoms with Gasteiger partial charge >= 0.3 is 0 Å². The molecule has 6 nitrogen and oxygen atoms in total. The molecule has 0 radical (unpaired) electrons. The summed E-state index contributed by atoms with van der Waals surface area (Å²) in [4.78, 5) is 27.3. The van der Waals surface area contributed by atoms with Gasteiger partial charge in [-0.1, -0.05) is 25.3 Å². The lowest BCUT2D eigenvalue weighted by Crippen LogP contribution is -2.52. The van der Waals surface area contributed by atoms with Crippen molar-refractivity contribution in [3.05, 3.63) is 39.9 Å². The predicted octanol–water partition coefficient (Wildman–Crippen LogP) is 2.69. The second-order valence-corrected chi connectivity index (χ2v) is 6.43. The number of benzene rings is 1. The Labute approximate surface area is 136 Å². The highest BCUT2D eigenvalue weighted by Crippen LogP contribution is 2.24. The summed E-state index contributed by atoms with van der Waals surface area (Å²) in [6.07, 6.45) is 6.54. The summed E-state index contributed by atoms with van der Waals surface area (Å²) in [6, 6.07) is 6.69. The minimum atomic E-state index is -0.461. The van der Waals surface area contributed by atoms with Gasteiger partial charge in [0.2, 0.25) is 0 Å². The third-order valence-corrected chi connectivity index (χ3v) is 5.00. The van der Waals surface area contributed by atoms with Gasteiger partial charge in [0.1, 0.15) is 0 Å². The first-order valence-electron chi connectivity index (χ1n) is 8.43. The Bertz CT molecular complexity index is 576. The van der Waals surface area contributed by atoms with Crippen LogP contribution in [0.4, 0.5) is 5.69 Å². The monoisotopic (exact) mass is 317 g/mol. The summed E-state index contributed by atoms with van der Waals surface area (Å²) in [5.41, 5.74) is 0.377. The molecule has 2 aliphatic rings. The van der Waals surface area contributed by atoms with E-state index in [-0.39, 0.29) is 11.6 Å². The van der Waals surface area contributed by atoms with Crippen LogP contribution < -0.4 is 0 Å². The maximum atomic E-state index is 12.5. The molecule has 3 rings (SSSR count). The molecule has 0 N–H and O–H groups in total. The fourth-order valence-corrected chi connectivity index (χ4v) is 3.67. The Balaban J connectivity index is 1.59. The number of amides is 1. The molecular weight excluding hydrogens is 294 g/mol. The van der Waals surface area contributed by atoms with Crippen LogP contribution in [0.1, 0.15) is 42.5 Å². The van der Waals surface area contributed by atoms with Gasteiger partial charge in [-0.2, -0.15) is 0 Å². The summed E-state index contributed by atoms with van der Waals surface area (Å²) in [5, 5.41) is 10.8. The molecule has 1 aliphatic heterocycles. The molecule has 1 amide bonds. The van der Waals surface area contributed by atoms with Gasteiger partial charge < -0.3 is 4.90 Å². The smallest absolute Gasteiger partial charge is 0.270 e. The number of hydrogen-bond donors (Lipinski definition) is 0. The number of piperazine rings is 1. The van der Waals surface area contributed by atoms with E-state index in [0.717, 1.165) is 13.1 Å². The summed E-state index contributed by atoms with van der Waals surface area (Å²) < 4.78 is 0. The highest BCUT2D eigenvalue weighted by Gasteiger charge is 2.27. The highest BCUT2D eigenvalue weighted by molar-refractivity contribution is 5.94. The van der Waals surface area contributed by atoms with Crippen molar-refractivity contribution >= 4 is 11.6 Å². The average molecular weight is 317 g/mol. The van der Waals surface area contributed by atoms with Gasteiger partial charge in [-0.3, -0.25) is 19.8 Å². The topological polar surface area (TPSA) is 66.7 Å². The van der Waals surface area contributed by atoms with Crippen molar-refractivity contribution in [1.29, 1.82) is 0 Å². The average Bonchev–Trinajstić information content (AvgIpc) is 2.62. The van der Waals surface area contributed by atoms with Gasteiger partial charge in [0.15, 0.2) is 0 Å². The Kier molecular flexibility index (Phi) is 4.91. The molecule has 1 aromatic rings. The molecule has 1 heterocycles. The van der Waals surface area contributed by atoms with Crippen LogP contribution in [0, 0.1) is 10.1 Å². The number of hydrogen-bond acceptors (Lipinski definition) is 4. The lowest BCUT2D eigenvalue weighted by atomic mass is 9.94. The minimum absolute atomic E-state index is 0.0308. The number of non-ortho nitro benzene ring substituents is 1. The quantitative estimate of drug-likeness (QED) is 0.635. The molecular formula is C17H23N3O3. The van der Waals surface area contributed by atoms with Gasteiger partial charge in [0, 0.05) is 49.9 Å². The van der Waals surface area contributed by atoms with Crippen molar-refractivity contribution in [2.45, 2.75) is 38.1 Å². The Morgan fingerprint density at radius 3 is 2.43 bits per heavy atom. The van der Waals surface area contributed by atoms with E-state index in [0.29, 0.717) is 24.7 Å². The van der Waals surface area contributed by atoms with Crippen LogP contribution in [-0.2, 0) is 0 Å². The zero-order valence-electron chi connectivity index (χ0n) is 13.3. The lowest BCUT2D eigenvalue weighted by molar-refractivity contribution is -0.384. The van der Waals surface area contributed by atoms with Gasteiger partial charge in [0.25, 0.3) is 11.6 Å². The standard InChI is InChI=1S/C17H23N3O3/c21-17(14-5-4-8-16(13-14)20(22)23)19-11-9-18(10-12-19)15-6-2-1-3-7-15/h4-5,8,13,15H,1-3,6-7,9-12H2. The molecule has 0 aromatic heterocycles. The van der Waals surface area contributed by atoms with E-state index in [9.17, 15) is 14.9 Å². The number of carbonyl (C=O) groups excluding carboxylic acids is 1. The van der Waals surface area contributed by atoms with Gasteiger partial charge in [-0.25, -0.2) is 0 Å². The summed E-state index contributed by atoms with van der Waals surface area (Å²) >= 11 is 0. The highest BCUT2D eigenvalue weighted by atomic mass is 16.6. The van der Waals surface area contributed by atoms with E-state index in [2.05, 4.69) is 4.90 Å². The third-order valence-electron chi connectivity index (χ3n) is 5.00. The second kappa shape index (κ2) is 7.08. The van der Waals surface area contributed by atoms with Gasteiger partial charge in [0.05, 0.1) is 4.92 Å². The summed E-state index contributed by atoms with van der Waals surface area (Å²) in [7, 11) is 0. The molecule has 1 saturated heterocycles. The maximum absolute atomic E-state index is 12.5. The normalized spacial score (nSPS) is 20.4. The molecule has 0 spiro atoms. The van der Waals surface area contributed by atoms with Crippen LogP contribution >= 0.6 is 0 Å². The van der Waals surface area contributed by atoms with E-state index in [1.165, 1.54) is 44.2 Å². The lowest BCUT2D eigenvalue weighted by Gasteiger charge is -2.40. The Morgan fingerprint density at radius 1 is 1.09 bits per heavy atom. The van der Waals surface area contributed by atoms with Crippen LogP contribution in [0.25, 0.3) is 0 Å². The second-order valence-electron chi connectivity index (χ2n) is 6.43. The van der Waals surface area contributed by atoms with Gasteiger partial charge in [-0.05, 0) is 18.9 Å². The fraction of sp³-hybridized carbons (Fsp3) is 0.588. The van der Waals surface area contributed by atoms with Crippen molar-refractivity contribution in [1.82, 2.24) is 9.80 Å². The van der Waals surface area contributed by atoms with Gasteiger partial charge in [-0.15, -0.1) is 0 Å². The largest absolute Gasteiger partial charge is 0.336 e. The van der Waals surface area contributed by atoms with Crippen molar-refractivity contribution < 1.29 is 9.72 Å². The van der Waals surface area contributed by atoms with E-state index < -0.39 is 4.92 Å². The first kappa shape index (κ1) is 15.9. The number of carbonyl (C=O) groups is 1. The minimum Gasteiger partial charge on any atom is -0.336 e. The Morgan fingerprint density at radius 2 is 1.78 bits per heavy atom. The number of nitro groups is 1. The number of rotatable bonds is 3. The van der Waals surface area contributed by atoms with Crippen LogP contribution in [0.5, 0.6) is 0 Å². The summed E-state index contributed by atoms with van der Waals surface area (Å²) in [5.74, 6) is -0.100. The zero-order chi connectivity index (χ0) is 16.2. The van der Waals surface area contributed by atoms with E-state index in [1.54, 1.807) is 12.1 Å². The Hall–Kier alpha value is -1.95. The zero-order valence-corrected chi connectivity index (χ0v) is 13.3. The first-order valence-corrected chi connectivity index (χ1v) is 8.43. The maximum Gasteiger partial charge on any atom is 0.270 e. The van der Waals surface area contributed by atoms with Crippen molar-refractivity contribution in [2.24, 2.45) is 0 Å². The van der Waals surface area contributed by atoms with Crippen LogP contribution in [0.3, 0.4) is 0 Å². The SMILES string of the molecule is O=C(c1cccc([N+](=O)[O-])c1)N1CCN(C2CCCCC2)CC1. The molecule has 1 aliphatic carbocycles. The number of nitro benzene ring substituents is 1. The van der Waals surface area contributed by atoms with E-state index in [4.69, 9.17) is 0 Å². The third kappa shape index (κ3) is 3.69. The first-order chi connectivity index (χ1) is 11.1. The molecule has 1 aromatic carbocycles. The van der Waals surface area contributed by atoms with Crippen LogP contribution in [-0.4, -0.2) is 52.9 Å². The molecule has 1 saturated carbocycles. The predicted molar refractivity (Wildman–Crippen MR) is 87.4 cm³/mol. The van der Waals surface area contributed by atoms with Crippen LogP contribution in [0.15, 0.2) is 24.3 Å². The molecule has 2 fully saturated rings. The molecule has 6 heteroatoms. The van der Waals surface area contributed by atoms with Crippen molar-refractivity contribution in [2.75, 3.05) is 26.2 Å². The van der Waals surface area contributed by atoms with E-state index in [1.807, 2.05) is 4.90 Å². The number of nitrogens with zero attached hydrogens (tertiary/aromatic N) is 3. The molecule has 0 bridgehead atoms. The molecule has 0 unspecified atom stereocenters. The van der Waals surface area contributed by atoms with Crippen LogP contribution in [0.2, 0.25) is 0 Å². The van der Waals surface area contributed by atoms with Crippen molar-refractivity contribution in [3.63, 3.8) is 0 Å². The summed E-state index contributed by atoms with van der Waals surface area (Å²) in [6.45, 7) is 3.23. The van der Waals surface area contributed by atoms with Crippen molar-refractivity contribution in [3.8, 4) is 0 Å². The molecule has 0 atom stereocenters. The molecule has 124 valence electrons.